The van der Waals surface area contributed by atoms with Gasteiger partial charge < -0.3 is 14.6 Å². The quantitative estimate of drug-likeness (QED) is 0.868. The Morgan fingerprint density at radius 2 is 1.72 bits per heavy atom. The third-order valence-electron chi connectivity index (χ3n) is 2.20. The van der Waals surface area contributed by atoms with Crippen LogP contribution in [0, 0.1) is 0 Å². The first kappa shape index (κ1) is 12.7. The van der Waals surface area contributed by atoms with E-state index in [9.17, 15) is 9.90 Å². The average molecular weight is 282 g/mol. The fourth-order valence-electron chi connectivity index (χ4n) is 1.36. The van der Waals surface area contributed by atoms with Gasteiger partial charge in [0.1, 0.15) is 11.5 Å². The minimum absolute atomic E-state index is 0.0487. The van der Waals surface area contributed by atoms with Crippen molar-refractivity contribution in [1.29, 1.82) is 0 Å². The zero-order chi connectivity index (χ0) is 13.1. The lowest BCUT2D eigenvalue weighted by molar-refractivity contribution is -0.255. The van der Waals surface area contributed by atoms with Crippen molar-refractivity contribution in [3.63, 3.8) is 0 Å². The second kappa shape index (κ2) is 5.29. The highest BCUT2D eigenvalue weighted by Crippen LogP contribution is 2.29. The number of rotatable bonds is 3. The number of carbonyl (C=O) groups is 1. The first-order valence-electron chi connectivity index (χ1n) is 5.00. The van der Waals surface area contributed by atoms with E-state index in [1.165, 1.54) is 12.1 Å². The number of carboxylic acid groups (broad SMARTS) is 1. The normalized spacial score (nSPS) is 10.1. The summed E-state index contributed by atoms with van der Waals surface area (Å²) in [5.74, 6) is -0.399. The standard InChI is InChI=1S/C13H8Cl2O3/c14-11-5-4-10(7-12(11)15)18-9-3-1-2-8(6-9)13(16)17/h1-7H,(H,16,17)/p-1. The van der Waals surface area contributed by atoms with Gasteiger partial charge in [-0.15, -0.1) is 0 Å². The van der Waals surface area contributed by atoms with Crippen molar-refractivity contribution in [2.75, 3.05) is 0 Å². The van der Waals surface area contributed by atoms with E-state index in [0.29, 0.717) is 21.5 Å². The van der Waals surface area contributed by atoms with Crippen LogP contribution in [-0.4, -0.2) is 5.97 Å². The Morgan fingerprint density at radius 1 is 1.00 bits per heavy atom. The van der Waals surface area contributed by atoms with Crippen molar-refractivity contribution >= 4 is 29.2 Å². The fourth-order valence-corrected chi connectivity index (χ4v) is 1.65. The fraction of sp³-hybridized carbons (Fsp3) is 0. The van der Waals surface area contributed by atoms with Gasteiger partial charge >= 0.3 is 0 Å². The Balaban J connectivity index is 2.25. The lowest BCUT2D eigenvalue weighted by Gasteiger charge is -2.08. The second-order valence-corrected chi connectivity index (χ2v) is 4.31. The summed E-state index contributed by atoms with van der Waals surface area (Å²) in [6.45, 7) is 0. The molecule has 0 saturated heterocycles. The molecule has 3 nitrogen and oxygen atoms in total. The highest BCUT2D eigenvalue weighted by molar-refractivity contribution is 6.42. The van der Waals surface area contributed by atoms with E-state index in [1.54, 1.807) is 30.3 Å². The van der Waals surface area contributed by atoms with E-state index < -0.39 is 5.97 Å². The number of aromatic carboxylic acids is 1. The molecule has 0 unspecified atom stereocenters. The molecule has 5 heteroatoms. The molecule has 0 bridgehead atoms. The average Bonchev–Trinajstić information content (AvgIpc) is 2.34. The van der Waals surface area contributed by atoms with Crippen molar-refractivity contribution in [3.05, 3.63) is 58.1 Å². The van der Waals surface area contributed by atoms with Crippen LogP contribution in [0.1, 0.15) is 10.4 Å². The maximum Gasteiger partial charge on any atom is 0.129 e. The van der Waals surface area contributed by atoms with E-state index >= 15 is 0 Å². The number of ether oxygens (including phenoxy) is 1. The maximum atomic E-state index is 10.7. The number of halogens is 2. The molecule has 2 aromatic carbocycles. The summed E-state index contributed by atoms with van der Waals surface area (Å²) in [7, 11) is 0. The maximum absolute atomic E-state index is 10.7. The molecule has 0 radical (unpaired) electrons. The van der Waals surface area contributed by atoms with Crippen molar-refractivity contribution in [2.24, 2.45) is 0 Å². The molecule has 0 saturated carbocycles. The van der Waals surface area contributed by atoms with Gasteiger partial charge in [0.2, 0.25) is 0 Å². The summed E-state index contributed by atoms with van der Waals surface area (Å²) in [6, 6.07) is 10.8. The van der Waals surface area contributed by atoms with Crippen molar-refractivity contribution in [3.8, 4) is 11.5 Å². The molecule has 2 rings (SSSR count). The van der Waals surface area contributed by atoms with Crippen molar-refractivity contribution < 1.29 is 14.6 Å². The Kier molecular flexibility index (Phi) is 3.75. The van der Waals surface area contributed by atoms with Crippen LogP contribution >= 0.6 is 23.2 Å². The molecule has 0 amide bonds. The number of hydrogen-bond donors (Lipinski definition) is 0. The largest absolute Gasteiger partial charge is 0.545 e. The molecule has 0 heterocycles. The molecule has 0 fully saturated rings. The second-order valence-electron chi connectivity index (χ2n) is 3.49. The van der Waals surface area contributed by atoms with E-state index in [2.05, 4.69) is 0 Å². The van der Waals surface area contributed by atoms with Gasteiger partial charge in [-0.25, -0.2) is 0 Å². The molecular formula is C13H7Cl2O3-. The zero-order valence-corrected chi connectivity index (χ0v) is 10.5. The summed E-state index contributed by atoms with van der Waals surface area (Å²) in [5.41, 5.74) is 0.0487. The van der Waals surface area contributed by atoms with Gasteiger partial charge in [0.25, 0.3) is 0 Å². The molecule has 92 valence electrons. The number of benzene rings is 2. The Morgan fingerprint density at radius 3 is 2.39 bits per heavy atom. The van der Waals surface area contributed by atoms with Gasteiger partial charge in [-0.2, -0.15) is 0 Å². The summed E-state index contributed by atoms with van der Waals surface area (Å²) >= 11 is 11.6. The van der Waals surface area contributed by atoms with Crippen LogP contribution in [-0.2, 0) is 0 Å². The first-order chi connectivity index (χ1) is 8.56. The predicted molar refractivity (Wildman–Crippen MR) is 67.3 cm³/mol. The predicted octanol–water partition coefficient (Wildman–Crippen LogP) is 3.15. The first-order valence-corrected chi connectivity index (χ1v) is 5.76. The topological polar surface area (TPSA) is 49.4 Å². The van der Waals surface area contributed by atoms with Crippen LogP contribution in [0.25, 0.3) is 0 Å². The summed E-state index contributed by atoms with van der Waals surface area (Å²) < 4.78 is 5.47. The number of hydrogen-bond acceptors (Lipinski definition) is 3. The lowest BCUT2D eigenvalue weighted by atomic mass is 10.2. The smallest absolute Gasteiger partial charge is 0.129 e. The summed E-state index contributed by atoms with van der Waals surface area (Å²) in [6.07, 6.45) is 0. The number of carbonyl (C=O) groups excluding carboxylic acids is 1. The van der Waals surface area contributed by atoms with Crippen LogP contribution < -0.4 is 9.84 Å². The van der Waals surface area contributed by atoms with Crippen molar-refractivity contribution in [2.45, 2.75) is 0 Å². The molecule has 0 aliphatic heterocycles. The molecular weight excluding hydrogens is 275 g/mol. The van der Waals surface area contributed by atoms with E-state index in [4.69, 9.17) is 27.9 Å². The SMILES string of the molecule is O=C([O-])c1cccc(Oc2ccc(Cl)c(Cl)c2)c1. The van der Waals surface area contributed by atoms with Crippen LogP contribution in [0.3, 0.4) is 0 Å². The molecule has 0 N–H and O–H groups in total. The zero-order valence-electron chi connectivity index (χ0n) is 9.02. The van der Waals surface area contributed by atoms with Gasteiger partial charge in [-0.1, -0.05) is 35.3 Å². The molecule has 18 heavy (non-hydrogen) atoms. The third-order valence-corrected chi connectivity index (χ3v) is 2.94. The van der Waals surface area contributed by atoms with Crippen LogP contribution in [0.15, 0.2) is 42.5 Å². The molecule has 0 aromatic heterocycles. The Labute approximate surface area is 114 Å². The third kappa shape index (κ3) is 2.94. The van der Waals surface area contributed by atoms with Crippen LogP contribution in [0.4, 0.5) is 0 Å². The Bertz CT molecular complexity index is 597. The molecule has 0 aliphatic rings. The van der Waals surface area contributed by atoms with Gasteiger partial charge in [0, 0.05) is 11.6 Å². The molecule has 0 aliphatic carbocycles. The minimum atomic E-state index is -1.26. The highest BCUT2D eigenvalue weighted by atomic mass is 35.5. The van der Waals surface area contributed by atoms with Gasteiger partial charge in [0.15, 0.2) is 0 Å². The molecule has 2 aromatic rings. The van der Waals surface area contributed by atoms with Gasteiger partial charge in [-0.05, 0) is 24.3 Å². The van der Waals surface area contributed by atoms with Crippen LogP contribution in [0.5, 0.6) is 11.5 Å². The summed E-state index contributed by atoms with van der Waals surface area (Å²) in [4.78, 5) is 10.7. The minimum Gasteiger partial charge on any atom is -0.545 e. The van der Waals surface area contributed by atoms with E-state index in [1.807, 2.05) is 0 Å². The lowest BCUT2D eigenvalue weighted by Crippen LogP contribution is -2.21. The van der Waals surface area contributed by atoms with Gasteiger partial charge in [-0.3, -0.25) is 0 Å². The van der Waals surface area contributed by atoms with Crippen molar-refractivity contribution in [1.82, 2.24) is 0 Å². The highest BCUT2D eigenvalue weighted by Gasteiger charge is 2.03. The number of carboxylic acids is 1. The molecule has 0 spiro atoms. The monoisotopic (exact) mass is 281 g/mol. The van der Waals surface area contributed by atoms with Gasteiger partial charge in [0.05, 0.1) is 16.0 Å². The molecule has 0 atom stereocenters. The Hall–Kier alpha value is -1.71. The summed E-state index contributed by atoms with van der Waals surface area (Å²) in [5, 5.41) is 11.5. The van der Waals surface area contributed by atoms with E-state index in [-0.39, 0.29) is 5.56 Å². The van der Waals surface area contributed by atoms with Crippen LogP contribution in [0.2, 0.25) is 10.0 Å². The van der Waals surface area contributed by atoms with E-state index in [0.717, 1.165) is 0 Å².